The summed E-state index contributed by atoms with van der Waals surface area (Å²) in [6, 6.07) is 0.116. The lowest BCUT2D eigenvalue weighted by atomic mass is 10.1. The molecular weight excluding hydrogens is 361 g/mol. The van der Waals surface area contributed by atoms with Gasteiger partial charge in [0.15, 0.2) is 5.84 Å². The number of likely N-dealkylation sites (N-methyl/N-ethyl adjacent to an activating group) is 1. The van der Waals surface area contributed by atoms with E-state index in [9.17, 15) is 0 Å². The number of anilines is 1. The Kier molecular flexibility index (Phi) is 7.56. The molecule has 0 bridgehead atoms. The Morgan fingerprint density at radius 2 is 1.88 bits per heavy atom. The summed E-state index contributed by atoms with van der Waals surface area (Å²) in [4.78, 5) is 8.60. The second kappa shape index (κ2) is 9.43. The molecule has 2 heterocycles. The summed E-state index contributed by atoms with van der Waals surface area (Å²) in [5, 5.41) is 6.61. The number of nitrogens with zero attached hydrogens (tertiary/aromatic N) is 5. The van der Waals surface area contributed by atoms with Crippen LogP contribution < -0.4 is 16.6 Å². The molecule has 7 nitrogen and oxygen atoms in total. The summed E-state index contributed by atoms with van der Waals surface area (Å²) in [5.74, 6) is 12.2. The number of nitrogens with two attached hydrogens (primary N) is 2. The van der Waals surface area contributed by atoms with Crippen LogP contribution in [0.2, 0.25) is 10.0 Å². The zero-order valence-electron chi connectivity index (χ0n) is 14.8. The summed E-state index contributed by atoms with van der Waals surface area (Å²) in [7, 11) is 1.78. The van der Waals surface area contributed by atoms with Gasteiger partial charge in [0.25, 0.3) is 0 Å². The molecule has 2 rings (SSSR count). The van der Waals surface area contributed by atoms with E-state index in [0.29, 0.717) is 15.9 Å². The predicted octanol–water partition coefficient (Wildman–Crippen LogP) is 2.15. The first-order chi connectivity index (χ1) is 12.0. The van der Waals surface area contributed by atoms with Crippen molar-refractivity contribution in [3.8, 4) is 0 Å². The number of unbranched alkanes of at least 4 members (excludes halogenated alkanes) is 1. The van der Waals surface area contributed by atoms with Crippen LogP contribution in [-0.4, -0.2) is 60.0 Å². The third-order valence-electron chi connectivity index (χ3n) is 4.52. The lowest BCUT2D eigenvalue weighted by Crippen LogP contribution is -2.56. The molecule has 9 heteroatoms. The Morgan fingerprint density at radius 1 is 1.28 bits per heavy atom. The van der Waals surface area contributed by atoms with E-state index in [0.717, 1.165) is 51.1 Å². The molecule has 0 spiro atoms. The number of pyridine rings is 1. The highest BCUT2D eigenvalue weighted by Crippen LogP contribution is 2.33. The van der Waals surface area contributed by atoms with Gasteiger partial charge in [-0.2, -0.15) is 5.10 Å². The zero-order chi connectivity index (χ0) is 18.4. The van der Waals surface area contributed by atoms with Crippen molar-refractivity contribution in [1.82, 2.24) is 14.9 Å². The van der Waals surface area contributed by atoms with E-state index in [-0.39, 0.29) is 6.04 Å². The number of aromatic nitrogens is 1. The van der Waals surface area contributed by atoms with Crippen molar-refractivity contribution in [3.63, 3.8) is 0 Å². The highest BCUT2D eigenvalue weighted by molar-refractivity contribution is 6.38. The van der Waals surface area contributed by atoms with Gasteiger partial charge in [0.05, 0.1) is 21.8 Å². The van der Waals surface area contributed by atoms with Crippen molar-refractivity contribution in [3.05, 3.63) is 22.4 Å². The summed E-state index contributed by atoms with van der Waals surface area (Å²) in [6.07, 6.45) is 6.44. The highest BCUT2D eigenvalue weighted by Gasteiger charge is 2.29. The summed E-state index contributed by atoms with van der Waals surface area (Å²) >= 11 is 12.6. The summed E-state index contributed by atoms with van der Waals surface area (Å²) in [6.45, 7) is 5.52. The first-order valence-corrected chi connectivity index (χ1v) is 9.29. The molecule has 25 heavy (non-hydrogen) atoms. The van der Waals surface area contributed by atoms with Crippen LogP contribution in [0, 0.1) is 0 Å². The van der Waals surface area contributed by atoms with E-state index >= 15 is 0 Å². The molecule has 1 unspecified atom stereocenters. The molecular formula is C16H27Cl2N7. The monoisotopic (exact) mass is 387 g/mol. The number of rotatable bonds is 6. The van der Waals surface area contributed by atoms with Crippen molar-refractivity contribution in [2.75, 3.05) is 38.1 Å². The molecule has 1 aliphatic rings. The van der Waals surface area contributed by atoms with Gasteiger partial charge in [-0.15, -0.1) is 0 Å². The van der Waals surface area contributed by atoms with Gasteiger partial charge < -0.3 is 10.7 Å². The Labute approximate surface area is 159 Å². The van der Waals surface area contributed by atoms with Crippen molar-refractivity contribution < 1.29 is 0 Å². The second-order valence-electron chi connectivity index (χ2n) is 6.23. The Balaban J connectivity index is 2.10. The molecule has 0 saturated carbocycles. The van der Waals surface area contributed by atoms with Crippen LogP contribution in [0.3, 0.4) is 0 Å². The number of piperazine rings is 1. The number of halogens is 2. The van der Waals surface area contributed by atoms with Crippen molar-refractivity contribution in [2.45, 2.75) is 32.2 Å². The van der Waals surface area contributed by atoms with Gasteiger partial charge in [-0.3, -0.25) is 14.9 Å². The molecule has 4 N–H and O–H groups in total. The van der Waals surface area contributed by atoms with Crippen LogP contribution in [0.15, 0.2) is 17.5 Å². The molecule has 1 fully saturated rings. The van der Waals surface area contributed by atoms with Crippen LogP contribution in [0.25, 0.3) is 0 Å². The summed E-state index contributed by atoms with van der Waals surface area (Å²) < 4.78 is 0. The Hall–Kier alpha value is -1.28. The topological polar surface area (TPSA) is 87.0 Å². The van der Waals surface area contributed by atoms with E-state index in [1.807, 2.05) is 0 Å². The van der Waals surface area contributed by atoms with E-state index in [1.165, 1.54) is 5.01 Å². The van der Waals surface area contributed by atoms with Gasteiger partial charge >= 0.3 is 0 Å². The molecule has 1 aliphatic heterocycles. The third-order valence-corrected chi connectivity index (χ3v) is 5.08. The Bertz CT molecular complexity index is 566. The van der Waals surface area contributed by atoms with Crippen LogP contribution in [-0.2, 0) is 0 Å². The van der Waals surface area contributed by atoms with Gasteiger partial charge in [-0.1, -0.05) is 43.0 Å². The van der Waals surface area contributed by atoms with Crippen molar-refractivity contribution in [2.24, 2.45) is 16.8 Å². The average Bonchev–Trinajstić information content (AvgIpc) is 2.59. The van der Waals surface area contributed by atoms with Crippen molar-refractivity contribution >= 4 is 34.7 Å². The number of hydrogen-bond donors (Lipinski definition) is 2. The largest absolute Gasteiger partial charge is 0.366 e. The molecule has 0 amide bonds. The fourth-order valence-electron chi connectivity index (χ4n) is 3.25. The van der Waals surface area contributed by atoms with Gasteiger partial charge in [0, 0.05) is 45.6 Å². The van der Waals surface area contributed by atoms with Crippen LogP contribution in [0.4, 0.5) is 5.69 Å². The molecule has 1 aromatic heterocycles. The normalized spacial score (nSPS) is 17.6. The van der Waals surface area contributed by atoms with E-state index in [1.54, 1.807) is 19.4 Å². The minimum atomic E-state index is 0.116. The standard InChI is InChI=1S/C16H27Cl2N7/c1-3-4-5-14(16(22-19)23(2)20)24-6-8-25(9-7-24)15-12(17)10-21-11-13(15)18/h10-11,14H,3-9,19-20H2,1-2H3/b22-16-. The maximum Gasteiger partial charge on any atom is 0.155 e. The number of hydrazine groups is 1. The smallest absolute Gasteiger partial charge is 0.155 e. The van der Waals surface area contributed by atoms with E-state index < -0.39 is 0 Å². The maximum absolute atomic E-state index is 6.28. The van der Waals surface area contributed by atoms with Gasteiger partial charge in [-0.25, -0.2) is 5.84 Å². The molecule has 0 radical (unpaired) electrons. The molecule has 1 atom stereocenters. The van der Waals surface area contributed by atoms with E-state index in [4.69, 9.17) is 34.9 Å². The summed E-state index contributed by atoms with van der Waals surface area (Å²) in [5.41, 5.74) is 0.853. The second-order valence-corrected chi connectivity index (χ2v) is 7.05. The molecule has 0 aliphatic carbocycles. The SMILES string of the molecule is CCCCC(/C(=N/N)N(C)N)N1CCN(c2c(Cl)cncc2Cl)CC1. The number of hydrogen-bond acceptors (Lipinski definition) is 6. The van der Waals surface area contributed by atoms with Crippen LogP contribution in [0.5, 0.6) is 0 Å². The Morgan fingerprint density at radius 3 is 2.36 bits per heavy atom. The highest BCUT2D eigenvalue weighted by atomic mass is 35.5. The number of amidine groups is 1. The molecule has 140 valence electrons. The van der Waals surface area contributed by atoms with Gasteiger partial charge in [0.1, 0.15) is 0 Å². The first kappa shape index (κ1) is 20.0. The number of hydrazone groups is 1. The third kappa shape index (κ3) is 4.88. The van der Waals surface area contributed by atoms with Crippen LogP contribution in [0.1, 0.15) is 26.2 Å². The minimum absolute atomic E-state index is 0.116. The molecule has 1 saturated heterocycles. The molecule has 0 aromatic carbocycles. The van der Waals surface area contributed by atoms with Crippen LogP contribution >= 0.6 is 23.2 Å². The van der Waals surface area contributed by atoms with Gasteiger partial charge in [-0.05, 0) is 6.42 Å². The fourth-order valence-corrected chi connectivity index (χ4v) is 3.85. The van der Waals surface area contributed by atoms with E-state index in [2.05, 4.69) is 26.8 Å². The lowest BCUT2D eigenvalue weighted by Gasteiger charge is -2.41. The fraction of sp³-hybridized carbons (Fsp3) is 0.625. The van der Waals surface area contributed by atoms with Gasteiger partial charge in [0.2, 0.25) is 0 Å². The average molecular weight is 388 g/mol. The zero-order valence-corrected chi connectivity index (χ0v) is 16.3. The maximum atomic E-state index is 6.28. The quantitative estimate of drug-likeness (QED) is 0.336. The first-order valence-electron chi connectivity index (χ1n) is 8.53. The minimum Gasteiger partial charge on any atom is -0.366 e. The lowest BCUT2D eigenvalue weighted by molar-refractivity contribution is 0.206. The molecule has 1 aromatic rings. The predicted molar refractivity (Wildman–Crippen MR) is 105 cm³/mol. The van der Waals surface area contributed by atoms with Crippen molar-refractivity contribution in [1.29, 1.82) is 0 Å².